The molecule has 2 amide bonds. The van der Waals surface area contributed by atoms with Gasteiger partial charge in [-0.2, -0.15) is 5.10 Å². The van der Waals surface area contributed by atoms with E-state index in [2.05, 4.69) is 20.9 Å². The Kier molecular flexibility index (Phi) is 8.69. The predicted molar refractivity (Wildman–Crippen MR) is 141 cm³/mol. The lowest BCUT2D eigenvalue weighted by molar-refractivity contribution is -0.122. The first-order chi connectivity index (χ1) is 20.0. The Hall–Kier alpha value is -3.71. The third-order valence-corrected chi connectivity index (χ3v) is 7.69. The van der Waals surface area contributed by atoms with E-state index in [0.29, 0.717) is 16.9 Å². The standard InChI is InChI=1S/C28H34F4N6O4/c1-15(2)42-27-19(14-41-37-27)26(40)36-25(17-7-9-28(31,32)10-8-17)20-13-38-22(34-20)11-18(12-33-38)24(16-3-4-16)35-23(39)6-5-21(29)30/h11-17,21,24-25H,3-10H2,1-2H3,(H,35,39)(H,36,40)/t24?,25-/m0/s1. The lowest BCUT2D eigenvalue weighted by Gasteiger charge is -2.33. The van der Waals surface area contributed by atoms with E-state index in [1.165, 1.54) is 10.8 Å². The lowest BCUT2D eigenvalue weighted by Crippen LogP contribution is -2.37. The Morgan fingerprint density at radius 3 is 2.50 bits per heavy atom. The number of aromatic nitrogens is 4. The molecule has 0 aromatic carbocycles. The van der Waals surface area contributed by atoms with Crippen LogP contribution in [0.25, 0.3) is 5.65 Å². The quantitative estimate of drug-likeness (QED) is 0.269. The van der Waals surface area contributed by atoms with Crippen LogP contribution in [0.2, 0.25) is 0 Å². The van der Waals surface area contributed by atoms with Crippen LogP contribution in [0.4, 0.5) is 17.6 Å². The number of fused-ring (bicyclic) bond motifs is 1. The van der Waals surface area contributed by atoms with Gasteiger partial charge in [0.25, 0.3) is 11.8 Å². The largest absolute Gasteiger partial charge is 0.472 e. The molecule has 42 heavy (non-hydrogen) atoms. The monoisotopic (exact) mass is 594 g/mol. The molecule has 5 rings (SSSR count). The molecule has 0 aliphatic heterocycles. The van der Waals surface area contributed by atoms with Gasteiger partial charge < -0.3 is 19.9 Å². The molecular formula is C28H34F4N6O4. The molecule has 2 aliphatic rings. The van der Waals surface area contributed by atoms with Crippen LogP contribution in [0, 0.1) is 11.8 Å². The van der Waals surface area contributed by atoms with E-state index < -0.39 is 42.7 Å². The number of alkyl halides is 4. The molecule has 2 atom stereocenters. The fraction of sp³-hybridized carbons (Fsp3) is 0.607. The number of hydrogen-bond acceptors (Lipinski definition) is 7. The zero-order valence-corrected chi connectivity index (χ0v) is 23.4. The number of hydrogen-bond donors (Lipinski definition) is 2. The summed E-state index contributed by atoms with van der Waals surface area (Å²) in [6.45, 7) is 3.56. The maximum Gasteiger partial charge on any atom is 0.267 e. The molecule has 0 saturated heterocycles. The van der Waals surface area contributed by atoms with E-state index in [0.717, 1.165) is 12.8 Å². The van der Waals surface area contributed by atoms with Crippen molar-refractivity contribution in [3.8, 4) is 5.88 Å². The Morgan fingerprint density at radius 2 is 1.83 bits per heavy atom. The molecule has 14 heteroatoms. The number of carbonyl (C=O) groups excluding carboxylic acids is 2. The van der Waals surface area contributed by atoms with Crippen LogP contribution >= 0.6 is 0 Å². The van der Waals surface area contributed by atoms with Gasteiger partial charge in [0.2, 0.25) is 18.3 Å². The fourth-order valence-corrected chi connectivity index (χ4v) is 5.35. The van der Waals surface area contributed by atoms with E-state index in [9.17, 15) is 27.2 Å². The molecule has 2 aliphatic carbocycles. The molecule has 0 spiro atoms. The summed E-state index contributed by atoms with van der Waals surface area (Å²) in [4.78, 5) is 30.4. The predicted octanol–water partition coefficient (Wildman–Crippen LogP) is 5.41. The minimum atomic E-state index is -2.76. The molecule has 3 aromatic heterocycles. The van der Waals surface area contributed by atoms with Crippen LogP contribution < -0.4 is 15.4 Å². The third kappa shape index (κ3) is 7.19. The number of halogens is 4. The van der Waals surface area contributed by atoms with Gasteiger partial charge in [0, 0.05) is 25.7 Å². The number of nitrogens with zero attached hydrogens (tertiary/aromatic N) is 4. The van der Waals surface area contributed by atoms with Crippen molar-refractivity contribution in [2.24, 2.45) is 11.8 Å². The van der Waals surface area contributed by atoms with Gasteiger partial charge in [0.05, 0.1) is 36.3 Å². The molecule has 2 fully saturated rings. The second-order valence-corrected chi connectivity index (χ2v) is 11.4. The zero-order valence-electron chi connectivity index (χ0n) is 23.4. The van der Waals surface area contributed by atoms with Crippen molar-refractivity contribution >= 4 is 17.5 Å². The molecule has 228 valence electrons. The van der Waals surface area contributed by atoms with Gasteiger partial charge in [-0.1, -0.05) is 0 Å². The van der Waals surface area contributed by atoms with Crippen LogP contribution in [-0.4, -0.2) is 50.0 Å². The van der Waals surface area contributed by atoms with Crippen LogP contribution in [0.1, 0.15) is 98.9 Å². The molecule has 3 heterocycles. The number of carbonyl (C=O) groups is 2. The Morgan fingerprint density at radius 1 is 1.12 bits per heavy atom. The Labute approximate surface area is 239 Å². The number of rotatable bonds is 12. The molecule has 0 radical (unpaired) electrons. The molecule has 0 bridgehead atoms. The van der Waals surface area contributed by atoms with Crippen molar-refractivity contribution in [1.29, 1.82) is 0 Å². The summed E-state index contributed by atoms with van der Waals surface area (Å²) in [5.74, 6) is -3.88. The third-order valence-electron chi connectivity index (χ3n) is 7.69. The topological polar surface area (TPSA) is 124 Å². The maximum absolute atomic E-state index is 14.0. The van der Waals surface area contributed by atoms with Gasteiger partial charge in [0.1, 0.15) is 11.8 Å². The zero-order chi connectivity index (χ0) is 30.0. The average molecular weight is 595 g/mol. The molecule has 3 aromatic rings. The number of amides is 2. The minimum absolute atomic E-state index is 0.0273. The molecule has 2 saturated carbocycles. The van der Waals surface area contributed by atoms with Crippen LogP contribution in [-0.2, 0) is 4.79 Å². The summed E-state index contributed by atoms with van der Waals surface area (Å²) in [5, 5.41) is 14.0. The first-order valence-corrected chi connectivity index (χ1v) is 14.2. The average Bonchev–Trinajstić information content (AvgIpc) is 3.52. The van der Waals surface area contributed by atoms with Gasteiger partial charge in [-0.15, -0.1) is 0 Å². The lowest BCUT2D eigenvalue weighted by atomic mass is 9.81. The molecule has 10 nitrogen and oxygen atoms in total. The van der Waals surface area contributed by atoms with Gasteiger partial charge in [0.15, 0.2) is 5.65 Å². The minimum Gasteiger partial charge on any atom is -0.472 e. The first-order valence-electron chi connectivity index (χ1n) is 14.2. The number of imidazole rings is 1. The number of nitrogens with one attached hydrogen (secondary N) is 2. The van der Waals surface area contributed by atoms with Gasteiger partial charge >= 0.3 is 0 Å². The van der Waals surface area contributed by atoms with E-state index in [1.54, 1.807) is 32.3 Å². The van der Waals surface area contributed by atoms with Crippen molar-refractivity contribution in [3.63, 3.8) is 0 Å². The smallest absolute Gasteiger partial charge is 0.267 e. The summed E-state index contributed by atoms with van der Waals surface area (Å²) in [7, 11) is 0. The first kappa shape index (κ1) is 29.8. The normalized spacial score (nSPS) is 18.8. The van der Waals surface area contributed by atoms with E-state index in [-0.39, 0.29) is 61.5 Å². The van der Waals surface area contributed by atoms with Crippen LogP contribution in [0.15, 0.2) is 29.2 Å². The Bertz CT molecular complexity index is 1400. The fourth-order valence-electron chi connectivity index (χ4n) is 5.35. The molecular weight excluding hydrogens is 560 g/mol. The highest BCUT2D eigenvalue weighted by molar-refractivity contribution is 5.96. The highest BCUT2D eigenvalue weighted by Gasteiger charge is 2.40. The van der Waals surface area contributed by atoms with Crippen molar-refractivity contribution in [2.45, 2.75) is 95.7 Å². The van der Waals surface area contributed by atoms with Crippen molar-refractivity contribution in [2.75, 3.05) is 0 Å². The summed E-state index contributed by atoms with van der Waals surface area (Å²) in [6, 6.07) is 0.653. The van der Waals surface area contributed by atoms with Crippen molar-refractivity contribution in [3.05, 3.63) is 41.5 Å². The van der Waals surface area contributed by atoms with E-state index >= 15 is 0 Å². The summed E-state index contributed by atoms with van der Waals surface area (Å²) in [6.07, 6.45) is 2.33. The van der Waals surface area contributed by atoms with E-state index in [1.807, 2.05) is 0 Å². The second kappa shape index (κ2) is 12.3. The van der Waals surface area contributed by atoms with Gasteiger partial charge in [-0.25, -0.2) is 27.1 Å². The summed E-state index contributed by atoms with van der Waals surface area (Å²) < 4.78 is 65.3. The van der Waals surface area contributed by atoms with E-state index in [4.69, 9.17) is 14.2 Å². The van der Waals surface area contributed by atoms with Gasteiger partial charge in [-0.3, -0.25) is 9.59 Å². The maximum atomic E-state index is 14.0. The Balaban J connectivity index is 1.40. The highest BCUT2D eigenvalue weighted by atomic mass is 19.3. The van der Waals surface area contributed by atoms with Crippen molar-refractivity contribution in [1.82, 2.24) is 30.4 Å². The van der Waals surface area contributed by atoms with Crippen LogP contribution in [0.5, 0.6) is 5.88 Å². The molecule has 1 unspecified atom stereocenters. The molecule has 2 N–H and O–H groups in total. The summed E-state index contributed by atoms with van der Waals surface area (Å²) >= 11 is 0. The van der Waals surface area contributed by atoms with Crippen LogP contribution in [0.3, 0.4) is 0 Å². The van der Waals surface area contributed by atoms with Crippen molar-refractivity contribution < 1.29 is 36.4 Å². The summed E-state index contributed by atoms with van der Waals surface area (Å²) in [5.41, 5.74) is 1.64. The highest BCUT2D eigenvalue weighted by Crippen LogP contribution is 2.43. The SMILES string of the molecule is CC(C)Oc1nocc1C(=O)N[C@H](c1cn2ncc(C(NC(=O)CCC(F)F)C3CC3)cc2n1)C1CCC(F)(F)CC1. The van der Waals surface area contributed by atoms with Gasteiger partial charge in [-0.05, 0) is 68.2 Å². The number of ether oxygens (including phenoxy) is 1. The second-order valence-electron chi connectivity index (χ2n) is 11.4.